The molecule has 0 radical (unpaired) electrons. The Bertz CT molecular complexity index is 880. The maximum atomic E-state index is 8.06. The van der Waals surface area contributed by atoms with Gasteiger partial charge in [0.05, 0.1) is 8.22 Å². The van der Waals surface area contributed by atoms with E-state index in [0.29, 0.717) is 25.7 Å². The average molecular weight is 204 g/mol. The highest BCUT2D eigenvalue weighted by Crippen LogP contribution is 2.35. The van der Waals surface area contributed by atoms with Crippen molar-refractivity contribution in [2.45, 2.75) is 6.92 Å². The van der Waals surface area contributed by atoms with Crippen LogP contribution in [-0.2, 0) is 0 Å². The zero-order valence-electron chi connectivity index (χ0n) is 13.5. The van der Waals surface area contributed by atoms with E-state index in [1.54, 1.807) is 6.92 Å². The fraction of sp³-hybridized carbons (Fsp3) is 0.0769. The van der Waals surface area contributed by atoms with Crippen LogP contribution in [0, 0.1) is 6.92 Å². The minimum atomic E-state index is -0.170. The highest BCUT2D eigenvalue weighted by Gasteiger charge is 2.04. The summed E-state index contributed by atoms with van der Waals surface area (Å²) in [6.45, 7) is 1.71. The van der Waals surface area contributed by atoms with Crippen molar-refractivity contribution in [3.8, 4) is 0 Å². The van der Waals surface area contributed by atoms with Crippen molar-refractivity contribution in [2.75, 3.05) is 0 Å². The molecule has 3 aromatic rings. The van der Waals surface area contributed by atoms with E-state index in [9.17, 15) is 0 Å². The first-order valence-corrected chi connectivity index (χ1v) is 5.05. The lowest BCUT2D eigenvalue weighted by atomic mass is 10.1. The van der Waals surface area contributed by atoms with E-state index in [4.69, 9.17) is 8.22 Å². The molecule has 0 aliphatic rings. The van der Waals surface area contributed by atoms with E-state index in [-0.39, 0.29) is 36.3 Å². The summed E-state index contributed by atoms with van der Waals surface area (Å²) in [6.07, 6.45) is 0. The third-order valence-corrected chi connectivity index (χ3v) is 3.40. The fourth-order valence-electron chi connectivity index (χ4n) is 1.49. The zero-order chi connectivity index (χ0) is 14.8. The largest absolute Gasteiger partial charge is 0.135 e. The summed E-state index contributed by atoms with van der Waals surface area (Å²) in [5.41, 5.74) is 0.590. The van der Waals surface area contributed by atoms with Crippen LogP contribution in [0.25, 0.3) is 20.2 Å². The van der Waals surface area contributed by atoms with Crippen LogP contribution >= 0.6 is 11.3 Å². The first-order chi connectivity index (χ1) is 9.34. The Morgan fingerprint density at radius 2 is 1.93 bits per heavy atom. The lowest BCUT2D eigenvalue weighted by molar-refractivity contribution is 1.56. The third-order valence-electron chi connectivity index (χ3n) is 2.16. The van der Waals surface area contributed by atoms with Gasteiger partial charge in [-0.1, -0.05) is 36.3 Å². The molecule has 0 unspecified atom stereocenters. The van der Waals surface area contributed by atoms with Gasteiger partial charge in [-0.25, -0.2) is 0 Å². The van der Waals surface area contributed by atoms with Crippen LogP contribution in [0.3, 0.4) is 0 Å². The highest BCUT2D eigenvalue weighted by atomic mass is 32.1. The van der Waals surface area contributed by atoms with Gasteiger partial charge in [0.1, 0.15) is 0 Å². The average Bonchev–Trinajstić information content (AvgIpc) is 2.81. The number of thiophene rings is 1. The molecule has 0 N–H and O–H groups in total. The summed E-state index contributed by atoms with van der Waals surface area (Å²) < 4.78 is 48.6. The van der Waals surface area contributed by atoms with E-state index < -0.39 is 0 Å². The number of hydrogen-bond acceptors (Lipinski definition) is 1. The number of fused-ring (bicyclic) bond motifs is 3. The van der Waals surface area contributed by atoms with Gasteiger partial charge < -0.3 is 0 Å². The van der Waals surface area contributed by atoms with Gasteiger partial charge in [-0.15, -0.1) is 11.3 Å². The summed E-state index contributed by atoms with van der Waals surface area (Å²) in [4.78, 5) is 0. The molecule has 0 nitrogen and oxygen atoms in total. The van der Waals surface area contributed by atoms with Gasteiger partial charge in [-0.3, -0.25) is 0 Å². The van der Waals surface area contributed by atoms with E-state index in [0.717, 1.165) is 0 Å². The molecule has 1 heterocycles. The maximum absolute atomic E-state index is 8.06. The van der Waals surface area contributed by atoms with Crippen LogP contribution in [0.1, 0.15) is 13.8 Å². The second-order valence-electron chi connectivity index (χ2n) is 3.07. The Kier molecular flexibility index (Phi) is 0.813. The molecule has 0 fully saturated rings. The first-order valence-electron chi connectivity index (χ1n) is 7.24. The minimum absolute atomic E-state index is 0.0122. The van der Waals surface area contributed by atoms with Crippen LogP contribution < -0.4 is 0 Å². The van der Waals surface area contributed by atoms with Gasteiger partial charge in [-0.05, 0) is 18.5 Å². The molecule has 68 valence electrons. The molecule has 0 aliphatic carbocycles. The summed E-state index contributed by atoms with van der Waals surface area (Å²) in [5.74, 6) is 0. The molecule has 0 amide bonds. The van der Waals surface area contributed by atoms with E-state index >= 15 is 0 Å². The molecule has 0 saturated carbocycles. The third kappa shape index (κ3) is 0.992. The molecular formula is C13H10S. The van der Waals surface area contributed by atoms with Crippen molar-refractivity contribution in [2.24, 2.45) is 0 Å². The number of rotatable bonds is 0. The Morgan fingerprint density at radius 1 is 1.07 bits per heavy atom. The van der Waals surface area contributed by atoms with Crippen LogP contribution in [0.4, 0.5) is 0 Å². The van der Waals surface area contributed by atoms with Gasteiger partial charge in [0.25, 0.3) is 0 Å². The van der Waals surface area contributed by atoms with E-state index in [2.05, 4.69) is 0 Å². The second kappa shape index (κ2) is 2.82. The van der Waals surface area contributed by atoms with Crippen molar-refractivity contribution in [3.05, 3.63) is 47.9 Å². The van der Waals surface area contributed by atoms with Crippen molar-refractivity contribution in [1.29, 1.82) is 0 Å². The minimum Gasteiger partial charge on any atom is -0.135 e. The maximum Gasteiger partial charge on any atom is 0.0638 e. The summed E-state index contributed by atoms with van der Waals surface area (Å²) in [5, 5.41) is 0.820. The van der Waals surface area contributed by atoms with E-state index in [1.165, 1.54) is 17.4 Å². The van der Waals surface area contributed by atoms with Gasteiger partial charge in [0.2, 0.25) is 0 Å². The van der Waals surface area contributed by atoms with Gasteiger partial charge >= 0.3 is 0 Å². The van der Waals surface area contributed by atoms with Gasteiger partial charge in [-0.2, -0.15) is 0 Å². The topological polar surface area (TPSA) is 0 Å². The molecule has 1 aromatic heterocycles. The Morgan fingerprint density at radius 3 is 2.86 bits per heavy atom. The van der Waals surface area contributed by atoms with Crippen molar-refractivity contribution < 1.29 is 8.22 Å². The predicted octanol–water partition coefficient (Wildman–Crippen LogP) is 4.36. The molecular weight excluding hydrogens is 188 g/mol. The van der Waals surface area contributed by atoms with Crippen molar-refractivity contribution in [1.82, 2.24) is 0 Å². The molecule has 14 heavy (non-hydrogen) atoms. The molecule has 0 atom stereocenters. The lowest BCUT2D eigenvalue weighted by Gasteiger charge is -1.93. The monoisotopic (exact) mass is 204 g/mol. The number of benzene rings is 2. The first kappa shape index (κ1) is 4.03. The van der Waals surface area contributed by atoms with Crippen LogP contribution in [0.15, 0.2) is 42.3 Å². The number of hydrogen-bond donors (Lipinski definition) is 0. The smallest absolute Gasteiger partial charge is 0.0638 e. The van der Waals surface area contributed by atoms with Crippen LogP contribution in [0.5, 0.6) is 0 Å². The molecule has 0 bridgehead atoms. The van der Waals surface area contributed by atoms with E-state index in [1.807, 2.05) is 0 Å². The Balaban J connectivity index is 2.72. The molecule has 0 saturated heterocycles. The molecule has 0 spiro atoms. The standard InChI is InChI=1S/C13H10S/c1-9-5-4-7-11-10-6-2-3-8-12(10)14-13(9)11/h2-8H,1H3/i2D,4D,5D,6D,7D,8D. The quantitative estimate of drug-likeness (QED) is 0.510. The van der Waals surface area contributed by atoms with Crippen LogP contribution in [-0.4, -0.2) is 0 Å². The summed E-state index contributed by atoms with van der Waals surface area (Å²) in [7, 11) is 0. The fourth-order valence-corrected chi connectivity index (χ4v) is 2.53. The number of aryl methyl sites for hydroxylation is 1. The molecule has 1 heteroatoms. The van der Waals surface area contributed by atoms with Crippen LogP contribution in [0.2, 0.25) is 0 Å². The van der Waals surface area contributed by atoms with Gasteiger partial charge in [0.15, 0.2) is 0 Å². The molecule has 2 aromatic carbocycles. The normalized spacial score (nSPS) is 17.2. The Hall–Kier alpha value is -1.34. The second-order valence-corrected chi connectivity index (χ2v) is 4.09. The Labute approximate surface area is 95.2 Å². The lowest BCUT2D eigenvalue weighted by Crippen LogP contribution is -1.69. The van der Waals surface area contributed by atoms with Crippen molar-refractivity contribution in [3.63, 3.8) is 0 Å². The zero-order valence-corrected chi connectivity index (χ0v) is 8.30. The summed E-state index contributed by atoms with van der Waals surface area (Å²) >= 11 is 1.26. The highest BCUT2D eigenvalue weighted by molar-refractivity contribution is 7.26. The summed E-state index contributed by atoms with van der Waals surface area (Å²) in [6, 6.07) is 1.14. The van der Waals surface area contributed by atoms with Gasteiger partial charge in [0, 0.05) is 20.2 Å². The molecule has 3 rings (SSSR count). The van der Waals surface area contributed by atoms with Crippen molar-refractivity contribution >= 4 is 31.5 Å². The SMILES string of the molecule is [2H]c1cc([2H])c2sc3c(C)c([2H])c([2H])c([2H])c3c2c1[2H]. The predicted molar refractivity (Wildman–Crippen MR) is 64.1 cm³/mol. The molecule has 0 aliphatic heterocycles.